The first-order chi connectivity index (χ1) is 8.57. The van der Waals surface area contributed by atoms with Crippen molar-refractivity contribution < 1.29 is 27.9 Å². The quantitative estimate of drug-likeness (QED) is 0.266. The molecule has 0 aromatic heterocycles. The first-order valence-electron chi connectivity index (χ1n) is 5.29. The zero-order valence-electron chi connectivity index (χ0n) is 10.6. The van der Waals surface area contributed by atoms with Crippen molar-refractivity contribution in [3.05, 3.63) is 25.3 Å². The van der Waals surface area contributed by atoms with Gasteiger partial charge in [0.2, 0.25) is 6.29 Å². The van der Waals surface area contributed by atoms with Crippen LogP contribution in [0.3, 0.4) is 0 Å². The Bertz CT molecular complexity index is 278. The topological polar surface area (TPSA) is 71.1 Å². The summed E-state index contributed by atoms with van der Waals surface area (Å²) in [7, 11) is 1.29. The van der Waals surface area contributed by atoms with Crippen molar-refractivity contribution in [2.45, 2.75) is 18.8 Å². The molecule has 0 heterocycles. The molecule has 0 atom stereocenters. The highest BCUT2D eigenvalue weighted by atomic mass is 28.3. The SMILES string of the molecule is C=CC(=O)OC(CC[SiH](OC)OC)OC(=O)C=C. The maximum atomic E-state index is 11.1. The summed E-state index contributed by atoms with van der Waals surface area (Å²) in [5.41, 5.74) is 0. The Morgan fingerprint density at radius 1 is 1.11 bits per heavy atom. The van der Waals surface area contributed by atoms with E-state index in [1.165, 1.54) is 0 Å². The molecule has 0 spiro atoms. The minimum atomic E-state index is -1.79. The molecule has 0 aromatic carbocycles. The molecule has 0 aliphatic carbocycles. The molecule has 0 radical (unpaired) electrons. The average Bonchev–Trinajstić information content (AvgIpc) is 2.39. The highest BCUT2D eigenvalue weighted by Crippen LogP contribution is 2.10. The fourth-order valence-corrected chi connectivity index (χ4v) is 2.31. The second kappa shape index (κ2) is 9.57. The lowest BCUT2D eigenvalue weighted by molar-refractivity contribution is -0.181. The molecular formula is C11H18O6Si. The molecule has 0 aliphatic rings. The number of carbonyl (C=O) groups is 2. The van der Waals surface area contributed by atoms with Crippen LogP contribution in [0.15, 0.2) is 25.3 Å². The van der Waals surface area contributed by atoms with Crippen molar-refractivity contribution >= 4 is 21.2 Å². The predicted molar refractivity (Wildman–Crippen MR) is 67.0 cm³/mol. The standard InChI is InChI=1S/C11H18O6Si/c1-5-9(12)16-11(17-10(13)6-2)7-8-18(14-3)15-4/h5-6,11,18H,1-2,7-8H2,3-4H3. The number of ether oxygens (including phenoxy) is 2. The number of hydrogen-bond donors (Lipinski definition) is 0. The molecule has 0 fully saturated rings. The van der Waals surface area contributed by atoms with Crippen LogP contribution < -0.4 is 0 Å². The van der Waals surface area contributed by atoms with Gasteiger partial charge in [-0.25, -0.2) is 9.59 Å². The minimum absolute atomic E-state index is 0.303. The zero-order chi connectivity index (χ0) is 14.0. The van der Waals surface area contributed by atoms with Crippen LogP contribution in [0.2, 0.25) is 6.04 Å². The van der Waals surface area contributed by atoms with Crippen molar-refractivity contribution in [2.24, 2.45) is 0 Å². The summed E-state index contributed by atoms with van der Waals surface area (Å²) >= 11 is 0. The number of esters is 2. The molecule has 0 saturated heterocycles. The second-order valence-electron chi connectivity index (χ2n) is 3.19. The molecule has 0 amide bonds. The molecule has 0 rings (SSSR count). The third-order valence-corrected chi connectivity index (χ3v) is 3.85. The summed E-state index contributed by atoms with van der Waals surface area (Å²) < 4.78 is 20.0. The van der Waals surface area contributed by atoms with E-state index in [9.17, 15) is 9.59 Å². The van der Waals surface area contributed by atoms with Gasteiger partial charge < -0.3 is 18.3 Å². The van der Waals surface area contributed by atoms with Gasteiger partial charge in [-0.3, -0.25) is 0 Å². The number of carbonyl (C=O) groups excluding carboxylic acids is 2. The van der Waals surface area contributed by atoms with Crippen LogP contribution in [-0.2, 0) is 27.9 Å². The molecule has 0 unspecified atom stereocenters. The Kier molecular flexibility index (Phi) is 8.81. The Morgan fingerprint density at radius 3 is 1.89 bits per heavy atom. The monoisotopic (exact) mass is 274 g/mol. The van der Waals surface area contributed by atoms with Crippen LogP contribution in [0.5, 0.6) is 0 Å². The van der Waals surface area contributed by atoms with E-state index in [1.54, 1.807) is 14.2 Å². The Hall–Kier alpha value is -1.44. The lowest BCUT2D eigenvalue weighted by atomic mass is 10.4. The Balaban J connectivity index is 4.36. The van der Waals surface area contributed by atoms with E-state index in [0.717, 1.165) is 12.2 Å². The van der Waals surface area contributed by atoms with Crippen LogP contribution in [0.1, 0.15) is 6.42 Å². The maximum Gasteiger partial charge on any atom is 0.333 e. The van der Waals surface area contributed by atoms with E-state index in [1.807, 2.05) is 0 Å². The van der Waals surface area contributed by atoms with Gasteiger partial charge in [-0.05, 0) is 6.04 Å². The molecule has 0 aliphatic heterocycles. The molecule has 18 heavy (non-hydrogen) atoms. The van der Waals surface area contributed by atoms with Crippen LogP contribution in [0.4, 0.5) is 0 Å². The molecule has 0 N–H and O–H groups in total. The first kappa shape index (κ1) is 16.6. The van der Waals surface area contributed by atoms with Gasteiger partial charge in [0.1, 0.15) is 0 Å². The third-order valence-electron chi connectivity index (χ3n) is 1.99. The van der Waals surface area contributed by atoms with Crippen molar-refractivity contribution in [2.75, 3.05) is 14.2 Å². The van der Waals surface area contributed by atoms with E-state index in [2.05, 4.69) is 13.2 Å². The summed E-state index contributed by atoms with van der Waals surface area (Å²) in [5.74, 6) is -1.32. The molecule has 6 nitrogen and oxygen atoms in total. The Labute approximate surface area is 108 Å². The van der Waals surface area contributed by atoms with E-state index in [4.69, 9.17) is 18.3 Å². The summed E-state index contributed by atoms with van der Waals surface area (Å²) in [5, 5.41) is 0. The Morgan fingerprint density at radius 2 is 1.56 bits per heavy atom. The van der Waals surface area contributed by atoms with Gasteiger partial charge in [0.15, 0.2) is 0 Å². The van der Waals surface area contributed by atoms with Crippen molar-refractivity contribution in [3.63, 3.8) is 0 Å². The van der Waals surface area contributed by atoms with Gasteiger partial charge in [-0.2, -0.15) is 0 Å². The number of rotatable bonds is 9. The zero-order valence-corrected chi connectivity index (χ0v) is 11.7. The molecule has 0 saturated carbocycles. The summed E-state index contributed by atoms with van der Waals surface area (Å²) in [6.45, 7) is 6.53. The number of hydrogen-bond acceptors (Lipinski definition) is 6. The first-order valence-corrected chi connectivity index (χ1v) is 7.05. The smallest absolute Gasteiger partial charge is 0.333 e. The highest BCUT2D eigenvalue weighted by Gasteiger charge is 2.20. The van der Waals surface area contributed by atoms with Crippen molar-refractivity contribution in [3.8, 4) is 0 Å². The lowest BCUT2D eigenvalue weighted by Gasteiger charge is -2.18. The van der Waals surface area contributed by atoms with Crippen LogP contribution in [0.25, 0.3) is 0 Å². The fraction of sp³-hybridized carbons (Fsp3) is 0.455. The fourth-order valence-electron chi connectivity index (χ4n) is 1.10. The molecule has 0 bridgehead atoms. The average molecular weight is 274 g/mol. The normalized spacial score (nSPS) is 10.2. The van der Waals surface area contributed by atoms with Gasteiger partial charge in [0.05, 0.1) is 0 Å². The van der Waals surface area contributed by atoms with E-state index in [-0.39, 0.29) is 0 Å². The summed E-state index contributed by atoms with van der Waals surface area (Å²) in [4.78, 5) is 22.1. The van der Waals surface area contributed by atoms with Gasteiger partial charge in [0.25, 0.3) is 0 Å². The van der Waals surface area contributed by atoms with Crippen molar-refractivity contribution in [1.82, 2.24) is 0 Å². The van der Waals surface area contributed by atoms with Crippen LogP contribution in [0, 0.1) is 0 Å². The lowest BCUT2D eigenvalue weighted by Crippen LogP contribution is -2.27. The van der Waals surface area contributed by atoms with E-state index < -0.39 is 27.5 Å². The van der Waals surface area contributed by atoms with E-state index >= 15 is 0 Å². The predicted octanol–water partition coefficient (Wildman–Crippen LogP) is 0.674. The molecule has 0 aromatic rings. The molecule has 102 valence electrons. The minimum Gasteiger partial charge on any atom is -0.422 e. The van der Waals surface area contributed by atoms with Gasteiger partial charge in [0, 0.05) is 32.8 Å². The summed E-state index contributed by atoms with van der Waals surface area (Å²) in [6.07, 6.45) is 1.31. The van der Waals surface area contributed by atoms with Crippen molar-refractivity contribution in [1.29, 1.82) is 0 Å². The van der Waals surface area contributed by atoms with Gasteiger partial charge >= 0.3 is 21.2 Å². The van der Waals surface area contributed by atoms with Crippen LogP contribution in [-0.4, -0.2) is 41.7 Å². The largest absolute Gasteiger partial charge is 0.422 e. The van der Waals surface area contributed by atoms with Gasteiger partial charge in [-0.1, -0.05) is 13.2 Å². The second-order valence-corrected chi connectivity index (χ2v) is 5.57. The highest BCUT2D eigenvalue weighted by molar-refractivity contribution is 6.44. The maximum absolute atomic E-state index is 11.1. The summed E-state index contributed by atoms with van der Waals surface area (Å²) in [6, 6.07) is 0.534. The molecule has 7 heteroatoms. The van der Waals surface area contributed by atoms with Gasteiger partial charge in [-0.15, -0.1) is 0 Å². The molecular weight excluding hydrogens is 256 g/mol. The van der Waals surface area contributed by atoms with E-state index in [0.29, 0.717) is 12.5 Å². The third kappa shape index (κ3) is 7.00. The van der Waals surface area contributed by atoms with Crippen LogP contribution >= 0.6 is 0 Å².